The van der Waals surface area contributed by atoms with Crippen LogP contribution in [-0.4, -0.2) is 52.5 Å². The highest BCUT2D eigenvalue weighted by molar-refractivity contribution is 5.98. The van der Waals surface area contributed by atoms with Crippen LogP contribution in [0.2, 0.25) is 0 Å². The lowest BCUT2D eigenvalue weighted by atomic mass is 9.79. The summed E-state index contributed by atoms with van der Waals surface area (Å²) < 4.78 is 25.1. The van der Waals surface area contributed by atoms with E-state index in [9.17, 15) is 9.18 Å². The van der Waals surface area contributed by atoms with Crippen molar-refractivity contribution >= 4 is 23.0 Å². The van der Waals surface area contributed by atoms with Crippen molar-refractivity contribution in [1.29, 1.82) is 0 Å². The molecule has 0 bridgehead atoms. The van der Waals surface area contributed by atoms with E-state index in [1.807, 2.05) is 25.1 Å². The van der Waals surface area contributed by atoms with Crippen LogP contribution in [0.4, 0.5) is 21.5 Å². The Kier molecular flexibility index (Phi) is 6.67. The predicted octanol–water partition coefficient (Wildman–Crippen LogP) is 3.99. The van der Waals surface area contributed by atoms with Crippen LogP contribution >= 0.6 is 0 Å². The number of benzene rings is 2. The summed E-state index contributed by atoms with van der Waals surface area (Å²) in [4.78, 5) is 15.2. The summed E-state index contributed by atoms with van der Waals surface area (Å²) in [5.41, 5.74) is 4.15. The first-order valence-corrected chi connectivity index (χ1v) is 11.1. The minimum atomic E-state index is -0.483. The SMILES string of the molecule is COCC1(COC)CCN(c2cccc(NC(=O)C3Cc4c(F)ccc(C)c4N3)c2)CC1. The third-order valence-corrected chi connectivity index (χ3v) is 6.71. The molecule has 0 radical (unpaired) electrons. The number of anilines is 3. The molecule has 1 amide bonds. The Morgan fingerprint density at radius 1 is 1.19 bits per heavy atom. The Balaban J connectivity index is 1.39. The standard InChI is InChI=1S/C25H32FN3O3/c1-17-7-8-21(26)20-14-22(28-23(17)20)24(30)27-18-5-4-6-19(13-18)29-11-9-25(10-12-29,15-31-2)16-32-3/h4-8,13,22,28H,9-12,14-16H2,1-3H3,(H,27,30). The fourth-order valence-electron chi connectivity index (χ4n) is 4.92. The van der Waals surface area contributed by atoms with Crippen LogP contribution in [0.3, 0.4) is 0 Å². The molecule has 2 aliphatic heterocycles. The molecule has 4 rings (SSSR count). The number of rotatable bonds is 7. The number of piperidine rings is 1. The topological polar surface area (TPSA) is 62.8 Å². The fourth-order valence-corrected chi connectivity index (χ4v) is 4.92. The van der Waals surface area contributed by atoms with Gasteiger partial charge in [0, 0.05) is 61.8 Å². The van der Waals surface area contributed by atoms with E-state index >= 15 is 0 Å². The first-order valence-electron chi connectivity index (χ1n) is 11.1. The van der Waals surface area contributed by atoms with Crippen LogP contribution in [0.25, 0.3) is 0 Å². The second kappa shape index (κ2) is 9.46. The van der Waals surface area contributed by atoms with Crippen molar-refractivity contribution in [2.75, 3.05) is 56.1 Å². The highest BCUT2D eigenvalue weighted by Gasteiger charge is 2.35. The van der Waals surface area contributed by atoms with Crippen LogP contribution in [0.5, 0.6) is 0 Å². The van der Waals surface area contributed by atoms with Gasteiger partial charge in [-0.2, -0.15) is 0 Å². The minimum Gasteiger partial charge on any atom is -0.384 e. The molecular weight excluding hydrogens is 409 g/mol. The van der Waals surface area contributed by atoms with E-state index in [0.717, 1.165) is 48.6 Å². The van der Waals surface area contributed by atoms with Crippen molar-refractivity contribution in [1.82, 2.24) is 0 Å². The zero-order chi connectivity index (χ0) is 22.7. The second-order valence-corrected chi connectivity index (χ2v) is 9.01. The quantitative estimate of drug-likeness (QED) is 0.680. The van der Waals surface area contributed by atoms with Crippen molar-refractivity contribution in [2.45, 2.75) is 32.2 Å². The van der Waals surface area contributed by atoms with Gasteiger partial charge in [0.25, 0.3) is 0 Å². The molecule has 1 saturated heterocycles. The molecule has 172 valence electrons. The summed E-state index contributed by atoms with van der Waals surface area (Å²) in [5.74, 6) is -0.423. The van der Waals surface area contributed by atoms with Crippen LogP contribution in [-0.2, 0) is 20.7 Å². The number of hydrogen-bond donors (Lipinski definition) is 2. The number of carbonyl (C=O) groups is 1. The Labute approximate surface area is 189 Å². The maximum Gasteiger partial charge on any atom is 0.247 e. The number of fused-ring (bicyclic) bond motifs is 1. The molecule has 2 heterocycles. The maximum atomic E-state index is 14.2. The molecule has 1 atom stereocenters. The van der Waals surface area contributed by atoms with Crippen molar-refractivity contribution in [3.05, 3.63) is 53.3 Å². The summed E-state index contributed by atoms with van der Waals surface area (Å²) in [6, 6.07) is 10.6. The van der Waals surface area contributed by atoms with Gasteiger partial charge >= 0.3 is 0 Å². The molecule has 0 aliphatic carbocycles. The number of carbonyl (C=O) groups excluding carboxylic acids is 1. The van der Waals surface area contributed by atoms with E-state index in [0.29, 0.717) is 25.2 Å². The van der Waals surface area contributed by atoms with E-state index < -0.39 is 6.04 Å². The average molecular weight is 442 g/mol. The smallest absolute Gasteiger partial charge is 0.247 e. The number of nitrogens with zero attached hydrogens (tertiary/aromatic N) is 1. The number of methoxy groups -OCH3 is 2. The number of amides is 1. The van der Waals surface area contributed by atoms with E-state index in [-0.39, 0.29) is 17.1 Å². The van der Waals surface area contributed by atoms with Gasteiger partial charge in [0.15, 0.2) is 0 Å². The summed E-state index contributed by atoms with van der Waals surface area (Å²) in [6.07, 6.45) is 2.32. The zero-order valence-corrected chi connectivity index (χ0v) is 19.0. The van der Waals surface area contributed by atoms with Crippen molar-refractivity contribution in [3.63, 3.8) is 0 Å². The van der Waals surface area contributed by atoms with E-state index in [2.05, 4.69) is 21.6 Å². The van der Waals surface area contributed by atoms with Crippen molar-refractivity contribution in [3.8, 4) is 0 Å². The summed E-state index contributed by atoms with van der Waals surface area (Å²) in [6.45, 7) is 5.12. The first kappa shape index (κ1) is 22.6. The average Bonchev–Trinajstić information content (AvgIpc) is 3.25. The third kappa shape index (κ3) is 4.59. The highest BCUT2D eigenvalue weighted by atomic mass is 19.1. The lowest BCUT2D eigenvalue weighted by Crippen LogP contribution is -2.44. The van der Waals surface area contributed by atoms with Gasteiger partial charge in [0.1, 0.15) is 11.9 Å². The fraction of sp³-hybridized carbons (Fsp3) is 0.480. The monoisotopic (exact) mass is 441 g/mol. The van der Waals surface area contributed by atoms with Gasteiger partial charge in [-0.1, -0.05) is 12.1 Å². The van der Waals surface area contributed by atoms with Crippen LogP contribution < -0.4 is 15.5 Å². The van der Waals surface area contributed by atoms with Crippen molar-refractivity contribution < 1.29 is 18.7 Å². The van der Waals surface area contributed by atoms with Gasteiger partial charge in [0.2, 0.25) is 5.91 Å². The van der Waals surface area contributed by atoms with Gasteiger partial charge in [-0.25, -0.2) is 4.39 Å². The van der Waals surface area contributed by atoms with Crippen molar-refractivity contribution in [2.24, 2.45) is 5.41 Å². The molecule has 1 unspecified atom stereocenters. The molecule has 1 fully saturated rings. The largest absolute Gasteiger partial charge is 0.384 e. The number of hydrogen-bond acceptors (Lipinski definition) is 5. The van der Waals surface area contributed by atoms with Gasteiger partial charge < -0.3 is 25.0 Å². The Morgan fingerprint density at radius 3 is 2.56 bits per heavy atom. The predicted molar refractivity (Wildman–Crippen MR) is 125 cm³/mol. The summed E-state index contributed by atoms with van der Waals surface area (Å²) in [5, 5.41) is 6.19. The van der Waals surface area contributed by atoms with Crippen LogP contribution in [0.15, 0.2) is 36.4 Å². The van der Waals surface area contributed by atoms with Gasteiger partial charge in [0.05, 0.1) is 13.2 Å². The molecular formula is C25H32FN3O3. The van der Waals surface area contributed by atoms with Gasteiger partial charge in [-0.15, -0.1) is 0 Å². The third-order valence-electron chi connectivity index (χ3n) is 6.71. The lowest BCUT2D eigenvalue weighted by molar-refractivity contribution is -0.116. The Morgan fingerprint density at radius 2 is 1.91 bits per heavy atom. The summed E-state index contributed by atoms with van der Waals surface area (Å²) in [7, 11) is 3.48. The molecule has 2 N–H and O–H groups in total. The molecule has 2 aliphatic rings. The summed E-state index contributed by atoms with van der Waals surface area (Å²) >= 11 is 0. The maximum absolute atomic E-state index is 14.2. The first-order chi connectivity index (χ1) is 15.4. The van der Waals surface area contributed by atoms with Gasteiger partial charge in [-0.3, -0.25) is 4.79 Å². The molecule has 7 heteroatoms. The van der Waals surface area contributed by atoms with E-state index in [1.165, 1.54) is 6.07 Å². The molecule has 0 spiro atoms. The molecule has 6 nitrogen and oxygen atoms in total. The zero-order valence-electron chi connectivity index (χ0n) is 19.0. The second-order valence-electron chi connectivity index (χ2n) is 9.01. The number of nitrogens with one attached hydrogen (secondary N) is 2. The molecule has 0 saturated carbocycles. The molecule has 2 aromatic carbocycles. The van der Waals surface area contributed by atoms with Crippen LogP contribution in [0, 0.1) is 18.2 Å². The Bertz CT molecular complexity index is 934. The molecule has 32 heavy (non-hydrogen) atoms. The number of aryl methyl sites for hydroxylation is 1. The van der Waals surface area contributed by atoms with E-state index in [1.54, 1.807) is 20.3 Å². The van der Waals surface area contributed by atoms with E-state index in [4.69, 9.17) is 9.47 Å². The normalized spacial score (nSPS) is 19.4. The molecule has 2 aromatic rings. The highest BCUT2D eigenvalue weighted by Crippen LogP contribution is 2.35. The van der Waals surface area contributed by atoms with Gasteiger partial charge in [-0.05, 0) is 49.6 Å². The Hall–Kier alpha value is -2.64. The number of halogens is 1. The lowest BCUT2D eigenvalue weighted by Gasteiger charge is -2.42. The van der Waals surface area contributed by atoms with Crippen LogP contribution in [0.1, 0.15) is 24.0 Å². The number of ether oxygens (including phenoxy) is 2. The minimum absolute atomic E-state index is 0.0579. The molecule has 0 aromatic heterocycles.